The average molecular weight is 270 g/mol. The first-order valence-electron chi connectivity index (χ1n) is 6.67. The van der Waals surface area contributed by atoms with Gasteiger partial charge in [0.05, 0.1) is 6.54 Å². The van der Waals surface area contributed by atoms with Gasteiger partial charge in [-0.2, -0.15) is 0 Å². The van der Waals surface area contributed by atoms with Crippen molar-refractivity contribution in [1.29, 1.82) is 0 Å². The number of aromatic nitrogens is 1. The summed E-state index contributed by atoms with van der Waals surface area (Å²) in [6.45, 7) is 0.725. The van der Waals surface area contributed by atoms with Gasteiger partial charge in [0.2, 0.25) is 0 Å². The molecular formula is C15H16N3O2+. The zero-order chi connectivity index (χ0) is 14.1. The van der Waals surface area contributed by atoms with Crippen molar-refractivity contribution in [3.8, 4) is 0 Å². The van der Waals surface area contributed by atoms with Crippen molar-refractivity contribution >= 4 is 28.9 Å². The van der Waals surface area contributed by atoms with Gasteiger partial charge in [-0.25, -0.2) is 9.88 Å². The molecule has 0 unspecified atom stereocenters. The Morgan fingerprint density at radius 3 is 2.95 bits per heavy atom. The van der Waals surface area contributed by atoms with Crippen molar-refractivity contribution < 1.29 is 14.6 Å². The number of carbonyl (C=O) groups is 2. The predicted octanol–water partition coefficient (Wildman–Crippen LogP) is 0.921. The molecule has 0 radical (unpaired) electrons. The van der Waals surface area contributed by atoms with Crippen molar-refractivity contribution in [2.24, 2.45) is 5.73 Å². The molecule has 1 aromatic heterocycles. The quantitative estimate of drug-likeness (QED) is 0.842. The number of anilines is 1. The highest BCUT2D eigenvalue weighted by Crippen LogP contribution is 2.26. The monoisotopic (exact) mass is 270 g/mol. The summed E-state index contributed by atoms with van der Waals surface area (Å²) in [6, 6.07) is 9.24. The van der Waals surface area contributed by atoms with Gasteiger partial charge in [0.25, 0.3) is 11.7 Å². The van der Waals surface area contributed by atoms with Crippen molar-refractivity contribution in [1.82, 2.24) is 0 Å². The fourth-order valence-corrected chi connectivity index (χ4v) is 2.83. The van der Waals surface area contributed by atoms with Gasteiger partial charge in [-0.1, -0.05) is 18.2 Å². The molecule has 3 N–H and O–H groups in total. The number of nitrogens with one attached hydrogen (secondary N) is 1. The number of H-pyrrole nitrogens is 1. The Labute approximate surface area is 116 Å². The van der Waals surface area contributed by atoms with Crippen LogP contribution in [0.1, 0.15) is 23.2 Å². The number of para-hydroxylation sites is 1. The second-order valence-electron chi connectivity index (χ2n) is 5.03. The molecule has 102 valence electrons. The molecule has 1 saturated heterocycles. The van der Waals surface area contributed by atoms with Gasteiger partial charge in [-0.15, -0.1) is 0 Å². The molecule has 1 atom stereocenters. The van der Waals surface area contributed by atoms with E-state index in [9.17, 15) is 9.59 Å². The van der Waals surface area contributed by atoms with Crippen LogP contribution < -0.4 is 15.6 Å². The van der Waals surface area contributed by atoms with Crippen LogP contribution >= 0.6 is 0 Å². The van der Waals surface area contributed by atoms with Gasteiger partial charge in [0, 0.05) is 11.8 Å². The van der Waals surface area contributed by atoms with E-state index in [1.807, 2.05) is 35.2 Å². The fraction of sp³-hybridized carbons (Fsp3) is 0.267. The molecule has 0 saturated carbocycles. The van der Waals surface area contributed by atoms with E-state index in [1.165, 1.54) is 0 Å². The van der Waals surface area contributed by atoms with Crippen molar-refractivity contribution in [3.05, 3.63) is 35.9 Å². The number of hydrogen-bond acceptors (Lipinski definition) is 3. The molecule has 1 aliphatic heterocycles. The van der Waals surface area contributed by atoms with E-state index in [-0.39, 0.29) is 11.9 Å². The minimum absolute atomic E-state index is 0.342. The Kier molecular flexibility index (Phi) is 3.10. The fourth-order valence-electron chi connectivity index (χ4n) is 2.83. The summed E-state index contributed by atoms with van der Waals surface area (Å²) >= 11 is 0. The lowest BCUT2D eigenvalue weighted by atomic mass is 10.1. The van der Waals surface area contributed by atoms with Crippen LogP contribution in [-0.4, -0.2) is 24.8 Å². The second-order valence-corrected chi connectivity index (χ2v) is 5.03. The normalized spacial score (nSPS) is 18.4. The van der Waals surface area contributed by atoms with E-state index in [0.29, 0.717) is 11.4 Å². The topological polar surface area (TPSA) is 77.5 Å². The third kappa shape index (κ3) is 2.01. The molecule has 2 heterocycles. The zero-order valence-corrected chi connectivity index (χ0v) is 11.0. The van der Waals surface area contributed by atoms with E-state index < -0.39 is 0 Å². The third-order valence-corrected chi connectivity index (χ3v) is 3.79. The molecule has 5 heteroatoms. The van der Waals surface area contributed by atoms with Gasteiger partial charge in [-0.3, -0.25) is 9.59 Å². The van der Waals surface area contributed by atoms with E-state index in [1.54, 1.807) is 0 Å². The van der Waals surface area contributed by atoms with Crippen LogP contribution in [0.25, 0.3) is 10.9 Å². The summed E-state index contributed by atoms with van der Waals surface area (Å²) in [5.74, 6) is 0.334. The van der Waals surface area contributed by atoms with Crippen LogP contribution in [-0.2, 0) is 4.79 Å². The van der Waals surface area contributed by atoms with Crippen LogP contribution in [0.4, 0.5) is 5.82 Å². The van der Waals surface area contributed by atoms with E-state index in [4.69, 9.17) is 5.73 Å². The molecule has 1 fully saturated rings. The van der Waals surface area contributed by atoms with Crippen LogP contribution in [0.15, 0.2) is 30.3 Å². The van der Waals surface area contributed by atoms with Crippen molar-refractivity contribution in [2.75, 3.05) is 11.4 Å². The summed E-state index contributed by atoms with van der Waals surface area (Å²) in [7, 11) is 0. The first-order chi connectivity index (χ1) is 9.70. The number of carbonyl (C=O) groups excluding carboxylic acids is 2. The lowest BCUT2D eigenvalue weighted by Crippen LogP contribution is -2.43. The number of benzene rings is 1. The highest BCUT2D eigenvalue weighted by Gasteiger charge is 2.37. The maximum absolute atomic E-state index is 11.5. The summed E-state index contributed by atoms with van der Waals surface area (Å²) in [4.78, 5) is 28.0. The molecule has 2 aromatic rings. The Morgan fingerprint density at radius 2 is 2.20 bits per heavy atom. The number of pyridine rings is 1. The number of nitrogens with two attached hydrogens (primary N) is 1. The second kappa shape index (κ2) is 4.92. The van der Waals surface area contributed by atoms with Crippen LogP contribution in [0, 0.1) is 0 Å². The summed E-state index contributed by atoms with van der Waals surface area (Å²) in [5.41, 5.74) is 6.93. The number of hydrogen-bond donors (Lipinski definition) is 1. The summed E-state index contributed by atoms with van der Waals surface area (Å²) < 4.78 is 0. The molecule has 0 bridgehead atoms. The molecule has 0 aliphatic carbocycles. The van der Waals surface area contributed by atoms with E-state index in [0.717, 1.165) is 36.6 Å². The van der Waals surface area contributed by atoms with Crippen LogP contribution in [0.5, 0.6) is 0 Å². The maximum atomic E-state index is 11.5. The first kappa shape index (κ1) is 12.6. The Bertz CT molecular complexity index is 684. The molecule has 5 nitrogen and oxygen atoms in total. The molecule has 1 aliphatic rings. The maximum Gasteiger partial charge on any atom is 0.286 e. The van der Waals surface area contributed by atoms with Crippen molar-refractivity contribution in [3.63, 3.8) is 0 Å². The van der Waals surface area contributed by atoms with Crippen molar-refractivity contribution in [2.45, 2.75) is 18.9 Å². The van der Waals surface area contributed by atoms with Crippen LogP contribution in [0.3, 0.4) is 0 Å². The largest absolute Gasteiger partial charge is 0.366 e. The molecule has 1 amide bonds. The van der Waals surface area contributed by atoms with Gasteiger partial charge < -0.3 is 5.73 Å². The van der Waals surface area contributed by atoms with E-state index in [2.05, 4.69) is 4.98 Å². The number of fused-ring (bicyclic) bond motifs is 1. The van der Waals surface area contributed by atoms with Gasteiger partial charge >= 0.3 is 0 Å². The van der Waals surface area contributed by atoms with Gasteiger partial charge in [-0.05, 0) is 18.6 Å². The molecule has 20 heavy (non-hydrogen) atoms. The number of rotatable bonds is 3. The van der Waals surface area contributed by atoms with Gasteiger partial charge in [0.1, 0.15) is 11.1 Å². The first-order valence-corrected chi connectivity index (χ1v) is 6.67. The lowest BCUT2D eigenvalue weighted by Gasteiger charge is -2.17. The number of aldehydes is 1. The van der Waals surface area contributed by atoms with Crippen LogP contribution in [0.2, 0.25) is 0 Å². The molecular weight excluding hydrogens is 254 g/mol. The number of nitrogens with zero attached hydrogens (tertiary/aromatic N) is 1. The van der Waals surface area contributed by atoms with Gasteiger partial charge in [0.15, 0.2) is 12.3 Å². The average Bonchev–Trinajstić information content (AvgIpc) is 2.95. The Morgan fingerprint density at radius 1 is 1.40 bits per heavy atom. The molecule has 1 aromatic carbocycles. The summed E-state index contributed by atoms with van der Waals surface area (Å²) in [5, 5.41) is 0.966. The standard InChI is InChI=1S/C15H15N3O2/c16-14(20)13-6-3-7-18(13)15-11(9-19)8-10-4-1-2-5-12(10)17-15/h1-2,4-5,8-9,13H,3,6-7H2,(H2,16,20)/p+1/t13-/m0/s1. The minimum Gasteiger partial charge on any atom is -0.366 e. The number of amides is 1. The van der Waals surface area contributed by atoms with E-state index >= 15 is 0 Å². The number of aromatic amines is 1. The Balaban J connectivity index is 2.14. The highest BCUT2D eigenvalue weighted by molar-refractivity contribution is 5.91. The summed E-state index contributed by atoms with van der Waals surface area (Å²) in [6.07, 6.45) is 2.44. The predicted molar refractivity (Wildman–Crippen MR) is 75.5 cm³/mol. The third-order valence-electron chi connectivity index (χ3n) is 3.79. The lowest BCUT2D eigenvalue weighted by molar-refractivity contribution is -0.330. The molecule has 0 spiro atoms. The SMILES string of the molecule is NC(=O)[C@@H]1CCCN1c1[nH+]c2ccccc2cc1C=O. The minimum atomic E-state index is -0.346. The Hall–Kier alpha value is -2.43. The number of primary amides is 1. The zero-order valence-electron chi connectivity index (χ0n) is 11.0. The molecule has 3 rings (SSSR count). The highest BCUT2D eigenvalue weighted by atomic mass is 16.1. The smallest absolute Gasteiger partial charge is 0.286 e.